The molecule has 0 saturated carbocycles. The van der Waals surface area contributed by atoms with Gasteiger partial charge in [0, 0.05) is 11.7 Å². The maximum Gasteiger partial charge on any atom is 0.325 e. The van der Waals surface area contributed by atoms with Gasteiger partial charge in [-0.3, -0.25) is 19.8 Å². The van der Waals surface area contributed by atoms with Crippen LogP contribution in [0.5, 0.6) is 0 Å². The van der Waals surface area contributed by atoms with Crippen molar-refractivity contribution in [1.29, 1.82) is 0 Å². The van der Waals surface area contributed by atoms with Gasteiger partial charge in [0.1, 0.15) is 0 Å². The van der Waals surface area contributed by atoms with Gasteiger partial charge in [-0.1, -0.05) is 24.6 Å². The third-order valence-corrected chi connectivity index (χ3v) is 4.01. The van der Waals surface area contributed by atoms with Crippen molar-refractivity contribution in [2.45, 2.75) is 31.7 Å². The van der Waals surface area contributed by atoms with E-state index in [9.17, 15) is 14.4 Å². The molecule has 7 nitrogen and oxygen atoms in total. The number of urea groups is 1. The number of para-hydroxylation sites is 1. The molecule has 0 spiro atoms. The van der Waals surface area contributed by atoms with Crippen LogP contribution in [-0.2, 0) is 14.3 Å². The molecule has 2 rings (SSSR count). The Morgan fingerprint density at radius 2 is 1.96 bits per heavy atom. The Kier molecular flexibility index (Phi) is 6.74. The smallest absolute Gasteiger partial charge is 0.325 e. The quantitative estimate of drug-likeness (QED) is 0.802. The monoisotopic (exact) mass is 333 g/mol. The zero-order valence-electron chi connectivity index (χ0n) is 13.8. The predicted molar refractivity (Wildman–Crippen MR) is 89.4 cm³/mol. The van der Waals surface area contributed by atoms with Crippen LogP contribution in [0.1, 0.15) is 25.7 Å². The Bertz CT molecular complexity index is 576. The molecule has 0 bridgehead atoms. The topological polar surface area (TPSA) is 87.7 Å². The number of nitrogens with one attached hydrogen (secondary N) is 2. The molecule has 1 aromatic rings. The summed E-state index contributed by atoms with van der Waals surface area (Å²) in [6.45, 7) is 0.819. The maximum absolute atomic E-state index is 12.1. The molecule has 1 fully saturated rings. The molecule has 1 atom stereocenters. The first kappa shape index (κ1) is 17.9. The Hall–Kier alpha value is -2.41. The highest BCUT2D eigenvalue weighted by Crippen LogP contribution is 2.19. The van der Waals surface area contributed by atoms with Crippen molar-refractivity contribution in [2.75, 3.05) is 25.5 Å². The molecule has 3 amide bonds. The first-order chi connectivity index (χ1) is 11.6. The van der Waals surface area contributed by atoms with E-state index in [1.165, 1.54) is 7.11 Å². The van der Waals surface area contributed by atoms with E-state index in [1.54, 1.807) is 24.3 Å². The van der Waals surface area contributed by atoms with E-state index in [1.807, 2.05) is 11.0 Å². The van der Waals surface area contributed by atoms with Crippen LogP contribution in [0.4, 0.5) is 10.5 Å². The average molecular weight is 333 g/mol. The lowest BCUT2D eigenvalue weighted by Gasteiger charge is -2.34. The van der Waals surface area contributed by atoms with Crippen molar-refractivity contribution in [3.8, 4) is 0 Å². The van der Waals surface area contributed by atoms with Crippen LogP contribution in [0.2, 0.25) is 0 Å². The third kappa shape index (κ3) is 5.66. The molecule has 2 N–H and O–H groups in total. The second-order valence-corrected chi connectivity index (χ2v) is 5.77. The molecule has 0 aromatic heterocycles. The molecule has 1 aliphatic heterocycles. The van der Waals surface area contributed by atoms with E-state index >= 15 is 0 Å². The average Bonchev–Trinajstić information content (AvgIpc) is 2.57. The fourth-order valence-electron chi connectivity index (χ4n) is 2.81. The Morgan fingerprint density at radius 3 is 2.67 bits per heavy atom. The van der Waals surface area contributed by atoms with Gasteiger partial charge in [-0.05, 0) is 31.5 Å². The highest BCUT2D eigenvalue weighted by atomic mass is 16.5. The molecule has 7 heteroatoms. The summed E-state index contributed by atoms with van der Waals surface area (Å²) in [4.78, 5) is 37.3. The number of piperidine rings is 1. The molecule has 1 aliphatic rings. The van der Waals surface area contributed by atoms with Crippen molar-refractivity contribution in [2.24, 2.45) is 0 Å². The minimum Gasteiger partial charge on any atom is -0.469 e. The van der Waals surface area contributed by atoms with E-state index in [0.717, 1.165) is 25.8 Å². The number of rotatable bonds is 5. The largest absolute Gasteiger partial charge is 0.469 e. The lowest BCUT2D eigenvalue weighted by atomic mass is 9.99. The van der Waals surface area contributed by atoms with Gasteiger partial charge in [0.15, 0.2) is 0 Å². The van der Waals surface area contributed by atoms with Crippen LogP contribution >= 0.6 is 0 Å². The van der Waals surface area contributed by atoms with Crippen LogP contribution in [0, 0.1) is 0 Å². The molecular formula is C17H23N3O4. The number of methoxy groups -OCH3 is 1. The number of likely N-dealkylation sites (tertiary alicyclic amines) is 1. The molecule has 1 heterocycles. The molecule has 1 saturated heterocycles. The van der Waals surface area contributed by atoms with E-state index in [-0.39, 0.29) is 30.9 Å². The number of esters is 1. The molecule has 130 valence electrons. The molecule has 0 aliphatic carbocycles. The molecule has 0 unspecified atom stereocenters. The number of hydrogen-bond acceptors (Lipinski definition) is 5. The van der Waals surface area contributed by atoms with Crippen LogP contribution < -0.4 is 10.6 Å². The fourth-order valence-corrected chi connectivity index (χ4v) is 2.81. The van der Waals surface area contributed by atoms with Gasteiger partial charge < -0.3 is 10.1 Å². The number of benzene rings is 1. The van der Waals surface area contributed by atoms with Gasteiger partial charge in [-0.15, -0.1) is 0 Å². The van der Waals surface area contributed by atoms with Gasteiger partial charge in [0.2, 0.25) is 5.91 Å². The summed E-state index contributed by atoms with van der Waals surface area (Å²) in [5.41, 5.74) is 0.615. The highest BCUT2D eigenvalue weighted by Gasteiger charge is 2.27. The number of imide groups is 1. The van der Waals surface area contributed by atoms with E-state index in [0.29, 0.717) is 5.69 Å². The summed E-state index contributed by atoms with van der Waals surface area (Å²) in [7, 11) is 1.36. The number of nitrogens with zero attached hydrogens (tertiary/aromatic N) is 1. The Morgan fingerprint density at radius 1 is 1.21 bits per heavy atom. The van der Waals surface area contributed by atoms with Crippen molar-refractivity contribution < 1.29 is 19.1 Å². The molecule has 0 radical (unpaired) electrons. The predicted octanol–water partition coefficient (Wildman–Crippen LogP) is 1.75. The fraction of sp³-hybridized carbons (Fsp3) is 0.471. The minimum absolute atomic E-state index is 0.0193. The summed E-state index contributed by atoms with van der Waals surface area (Å²) in [5.74, 6) is -0.672. The SMILES string of the molecule is COC(=O)C[C@@H]1CCCCN1CC(=O)NC(=O)Nc1ccccc1. The van der Waals surface area contributed by atoms with Crippen molar-refractivity contribution in [1.82, 2.24) is 10.2 Å². The first-order valence-electron chi connectivity index (χ1n) is 8.05. The van der Waals surface area contributed by atoms with Crippen molar-refractivity contribution in [3.05, 3.63) is 30.3 Å². The highest BCUT2D eigenvalue weighted by molar-refractivity contribution is 6.01. The van der Waals surface area contributed by atoms with Gasteiger partial charge >= 0.3 is 12.0 Å². The van der Waals surface area contributed by atoms with Crippen LogP contribution in [-0.4, -0.2) is 49.0 Å². The normalized spacial score (nSPS) is 17.8. The summed E-state index contributed by atoms with van der Waals surface area (Å²) in [6.07, 6.45) is 3.11. The number of carbonyl (C=O) groups is 3. The maximum atomic E-state index is 12.1. The van der Waals surface area contributed by atoms with Crippen LogP contribution in [0.25, 0.3) is 0 Å². The summed E-state index contributed by atoms with van der Waals surface area (Å²) in [6, 6.07) is 8.32. The molecule has 1 aromatic carbocycles. The first-order valence-corrected chi connectivity index (χ1v) is 8.05. The lowest BCUT2D eigenvalue weighted by molar-refractivity contribution is -0.143. The number of carbonyl (C=O) groups excluding carboxylic acids is 3. The Balaban J connectivity index is 1.83. The van der Waals surface area contributed by atoms with E-state index < -0.39 is 6.03 Å². The number of hydrogen-bond donors (Lipinski definition) is 2. The van der Waals surface area contributed by atoms with Crippen molar-refractivity contribution >= 4 is 23.6 Å². The van der Waals surface area contributed by atoms with E-state index in [4.69, 9.17) is 4.74 Å². The zero-order valence-corrected chi connectivity index (χ0v) is 13.8. The number of amides is 3. The minimum atomic E-state index is -0.562. The second kappa shape index (κ2) is 9.02. The molecular weight excluding hydrogens is 310 g/mol. The van der Waals surface area contributed by atoms with Gasteiger partial charge in [0.25, 0.3) is 0 Å². The van der Waals surface area contributed by atoms with Crippen LogP contribution in [0.15, 0.2) is 30.3 Å². The van der Waals surface area contributed by atoms with Crippen molar-refractivity contribution in [3.63, 3.8) is 0 Å². The third-order valence-electron chi connectivity index (χ3n) is 4.01. The summed E-state index contributed by atoms with van der Waals surface area (Å²) in [5, 5.41) is 4.92. The van der Waals surface area contributed by atoms with Gasteiger partial charge in [-0.2, -0.15) is 0 Å². The standard InChI is InChI=1S/C17H23N3O4/c1-24-16(22)11-14-9-5-6-10-20(14)12-15(21)19-17(23)18-13-7-3-2-4-8-13/h2-4,7-8,14H,5-6,9-12H2,1H3,(H2,18,19,21,23)/t14-/m0/s1. The zero-order chi connectivity index (χ0) is 17.4. The summed E-state index contributed by atoms with van der Waals surface area (Å²) >= 11 is 0. The Labute approximate surface area is 141 Å². The van der Waals surface area contributed by atoms with Gasteiger partial charge in [0.05, 0.1) is 20.1 Å². The number of ether oxygens (including phenoxy) is 1. The number of anilines is 1. The van der Waals surface area contributed by atoms with Gasteiger partial charge in [-0.25, -0.2) is 4.79 Å². The summed E-state index contributed by atoms with van der Waals surface area (Å²) < 4.78 is 4.71. The lowest BCUT2D eigenvalue weighted by Crippen LogP contribution is -2.48. The van der Waals surface area contributed by atoms with E-state index in [2.05, 4.69) is 10.6 Å². The van der Waals surface area contributed by atoms with Crippen LogP contribution in [0.3, 0.4) is 0 Å². The molecule has 24 heavy (non-hydrogen) atoms. The second-order valence-electron chi connectivity index (χ2n) is 5.77.